The largest absolute Gasteiger partial charge is 0.416 e. The van der Waals surface area contributed by atoms with Crippen molar-refractivity contribution in [3.05, 3.63) is 77.9 Å². The summed E-state index contributed by atoms with van der Waals surface area (Å²) in [5.41, 5.74) is 0.502. The Hall–Kier alpha value is -3.26. The molecule has 0 saturated carbocycles. The van der Waals surface area contributed by atoms with Gasteiger partial charge in [-0.3, -0.25) is 19.8 Å². The molecule has 0 unspecified atom stereocenters. The summed E-state index contributed by atoms with van der Waals surface area (Å²) < 4.78 is 38.9. The van der Waals surface area contributed by atoms with Gasteiger partial charge in [0.05, 0.1) is 5.56 Å². The van der Waals surface area contributed by atoms with E-state index in [-0.39, 0.29) is 17.2 Å². The molecule has 1 heterocycles. The number of nitrogens with zero attached hydrogens (tertiary/aromatic N) is 1. The number of halogens is 3. The van der Waals surface area contributed by atoms with Gasteiger partial charge in [0.1, 0.15) is 5.57 Å². The molecule has 29 heavy (non-hydrogen) atoms. The highest BCUT2D eigenvalue weighted by Crippen LogP contribution is 2.32. The molecule has 1 aliphatic rings. The molecule has 148 valence electrons. The van der Waals surface area contributed by atoms with Crippen molar-refractivity contribution in [2.45, 2.75) is 6.18 Å². The molecule has 2 amide bonds. The number of hydrogen-bond donors (Lipinski definition) is 1. The van der Waals surface area contributed by atoms with Crippen molar-refractivity contribution in [2.24, 2.45) is 0 Å². The van der Waals surface area contributed by atoms with Crippen LogP contribution in [0, 0.1) is 0 Å². The minimum Gasteiger partial charge on any atom is -0.298 e. The van der Waals surface area contributed by atoms with E-state index in [0.29, 0.717) is 16.7 Å². The van der Waals surface area contributed by atoms with Crippen LogP contribution in [0.15, 0.2) is 66.8 Å². The molecule has 3 rings (SSSR count). The van der Waals surface area contributed by atoms with Crippen LogP contribution in [0.5, 0.6) is 0 Å². The number of carbonyl (C=O) groups is 2. The molecule has 0 atom stereocenters. The lowest BCUT2D eigenvalue weighted by Gasteiger charge is -2.27. The van der Waals surface area contributed by atoms with Gasteiger partial charge in [-0.1, -0.05) is 36.4 Å². The van der Waals surface area contributed by atoms with Crippen molar-refractivity contribution in [1.29, 1.82) is 0 Å². The number of benzene rings is 2. The van der Waals surface area contributed by atoms with Crippen molar-refractivity contribution < 1.29 is 22.8 Å². The fourth-order valence-electron chi connectivity index (χ4n) is 2.84. The SMILES string of the molecule is C=CCN1C(=O)/C(=C/c2cccc(-c3cccc(C(F)(F)F)c3)c2)C(=O)NC1=S. The number of carbonyl (C=O) groups excluding carboxylic acids is 2. The van der Waals surface area contributed by atoms with Gasteiger partial charge in [-0.25, -0.2) is 0 Å². The summed E-state index contributed by atoms with van der Waals surface area (Å²) >= 11 is 5.00. The van der Waals surface area contributed by atoms with Gasteiger partial charge in [0.15, 0.2) is 5.11 Å². The second-order valence-electron chi connectivity index (χ2n) is 6.23. The predicted octanol–water partition coefficient (Wildman–Crippen LogP) is 4.19. The molecule has 1 saturated heterocycles. The van der Waals surface area contributed by atoms with Crippen LogP contribution in [0.25, 0.3) is 17.2 Å². The van der Waals surface area contributed by atoms with Crippen molar-refractivity contribution in [3.63, 3.8) is 0 Å². The number of hydrogen-bond acceptors (Lipinski definition) is 3. The average molecular weight is 416 g/mol. The first kappa shape index (κ1) is 20.5. The standard InChI is InChI=1S/C21H15F3N2O2S/c1-2-9-26-19(28)17(18(27)25-20(26)29)11-13-5-3-6-14(10-13)15-7-4-8-16(12-15)21(22,23)24/h2-8,10-12H,1,9H2,(H,25,27,29)/b17-11+. The van der Waals surface area contributed by atoms with E-state index in [0.717, 1.165) is 12.1 Å². The van der Waals surface area contributed by atoms with E-state index < -0.39 is 23.6 Å². The summed E-state index contributed by atoms with van der Waals surface area (Å²) in [6, 6.07) is 11.5. The third-order valence-electron chi connectivity index (χ3n) is 4.22. The first-order valence-electron chi connectivity index (χ1n) is 8.48. The molecule has 0 aliphatic carbocycles. The summed E-state index contributed by atoms with van der Waals surface area (Å²) in [6.45, 7) is 3.69. The number of thiocarbonyl (C=S) groups is 1. The minimum atomic E-state index is -4.45. The zero-order chi connectivity index (χ0) is 21.2. The van der Waals surface area contributed by atoms with E-state index >= 15 is 0 Å². The second-order valence-corrected chi connectivity index (χ2v) is 6.61. The Bertz CT molecular complexity index is 1040. The van der Waals surface area contributed by atoms with E-state index in [2.05, 4.69) is 11.9 Å². The van der Waals surface area contributed by atoms with Crippen LogP contribution in [0.3, 0.4) is 0 Å². The Labute approximate surface area is 170 Å². The first-order valence-corrected chi connectivity index (χ1v) is 8.89. The van der Waals surface area contributed by atoms with Gasteiger partial charge in [0.2, 0.25) is 0 Å². The summed E-state index contributed by atoms with van der Waals surface area (Å²) in [5, 5.41) is 2.44. The maximum Gasteiger partial charge on any atom is 0.416 e. The van der Waals surface area contributed by atoms with E-state index in [1.54, 1.807) is 30.3 Å². The lowest BCUT2D eigenvalue weighted by molar-refractivity contribution is -0.137. The smallest absolute Gasteiger partial charge is 0.298 e. The molecule has 8 heteroatoms. The quantitative estimate of drug-likeness (QED) is 0.352. The number of alkyl halides is 3. The van der Waals surface area contributed by atoms with Crippen molar-refractivity contribution in [3.8, 4) is 11.1 Å². The fourth-order valence-corrected chi connectivity index (χ4v) is 3.09. The Balaban J connectivity index is 1.98. The normalized spacial score (nSPS) is 16.2. The van der Waals surface area contributed by atoms with E-state index in [1.165, 1.54) is 23.1 Å². The van der Waals surface area contributed by atoms with Crippen molar-refractivity contribution >= 4 is 35.2 Å². The third kappa shape index (κ3) is 4.43. The number of nitrogens with one attached hydrogen (secondary N) is 1. The van der Waals surface area contributed by atoms with Gasteiger partial charge in [-0.05, 0) is 53.2 Å². The Kier molecular flexibility index (Phi) is 5.65. The molecular weight excluding hydrogens is 401 g/mol. The average Bonchev–Trinajstić information content (AvgIpc) is 2.68. The molecular formula is C21H15F3N2O2S. The zero-order valence-electron chi connectivity index (χ0n) is 15.0. The molecule has 0 bridgehead atoms. The van der Waals surface area contributed by atoms with Crippen LogP contribution < -0.4 is 5.32 Å². The van der Waals surface area contributed by atoms with Crippen LogP contribution in [-0.4, -0.2) is 28.4 Å². The van der Waals surface area contributed by atoms with Crippen LogP contribution in [0.4, 0.5) is 13.2 Å². The number of rotatable bonds is 4. The van der Waals surface area contributed by atoms with Gasteiger partial charge >= 0.3 is 6.18 Å². The molecule has 0 spiro atoms. The van der Waals surface area contributed by atoms with Crippen LogP contribution in [-0.2, 0) is 15.8 Å². The summed E-state index contributed by atoms with van der Waals surface area (Å²) in [6.07, 6.45) is -1.59. The van der Waals surface area contributed by atoms with Crippen molar-refractivity contribution in [1.82, 2.24) is 10.2 Å². The summed E-state index contributed by atoms with van der Waals surface area (Å²) in [4.78, 5) is 26.0. The molecule has 1 aliphatic heterocycles. The van der Waals surface area contributed by atoms with Gasteiger partial charge in [0, 0.05) is 6.54 Å². The Morgan fingerprint density at radius 2 is 1.72 bits per heavy atom. The molecule has 1 fully saturated rings. The third-order valence-corrected chi connectivity index (χ3v) is 4.54. The fraction of sp³-hybridized carbons (Fsp3) is 0.0952. The van der Waals surface area contributed by atoms with Gasteiger partial charge in [0.25, 0.3) is 11.8 Å². The minimum absolute atomic E-state index is 0.00485. The maximum atomic E-state index is 13.0. The van der Waals surface area contributed by atoms with Gasteiger partial charge < -0.3 is 0 Å². The topological polar surface area (TPSA) is 49.4 Å². The highest BCUT2D eigenvalue weighted by atomic mass is 32.1. The lowest BCUT2D eigenvalue weighted by atomic mass is 9.99. The van der Waals surface area contributed by atoms with Crippen LogP contribution in [0.1, 0.15) is 11.1 Å². The van der Waals surface area contributed by atoms with E-state index in [1.807, 2.05) is 0 Å². The second kappa shape index (κ2) is 8.00. The molecule has 2 aromatic carbocycles. The Morgan fingerprint density at radius 1 is 1.07 bits per heavy atom. The van der Waals surface area contributed by atoms with E-state index in [9.17, 15) is 22.8 Å². The monoisotopic (exact) mass is 416 g/mol. The predicted molar refractivity (Wildman–Crippen MR) is 108 cm³/mol. The van der Waals surface area contributed by atoms with Crippen LogP contribution >= 0.6 is 12.2 Å². The molecule has 0 aromatic heterocycles. The molecule has 1 N–H and O–H groups in total. The first-order chi connectivity index (χ1) is 13.7. The van der Waals surface area contributed by atoms with E-state index in [4.69, 9.17) is 12.2 Å². The van der Waals surface area contributed by atoms with Crippen molar-refractivity contribution in [2.75, 3.05) is 6.54 Å². The maximum absolute atomic E-state index is 13.0. The van der Waals surface area contributed by atoms with Gasteiger partial charge in [-0.15, -0.1) is 6.58 Å². The highest BCUT2D eigenvalue weighted by molar-refractivity contribution is 7.80. The molecule has 0 radical (unpaired) electrons. The van der Waals surface area contributed by atoms with Crippen LogP contribution in [0.2, 0.25) is 0 Å². The Morgan fingerprint density at radius 3 is 2.38 bits per heavy atom. The summed E-state index contributed by atoms with van der Waals surface area (Å²) in [7, 11) is 0. The zero-order valence-corrected chi connectivity index (χ0v) is 15.8. The summed E-state index contributed by atoms with van der Waals surface area (Å²) in [5.74, 6) is -1.20. The number of amides is 2. The lowest BCUT2D eigenvalue weighted by Crippen LogP contribution is -2.53. The molecule has 2 aromatic rings. The van der Waals surface area contributed by atoms with Gasteiger partial charge in [-0.2, -0.15) is 13.2 Å². The highest BCUT2D eigenvalue weighted by Gasteiger charge is 2.33. The molecule has 4 nitrogen and oxygen atoms in total.